The lowest BCUT2D eigenvalue weighted by molar-refractivity contribution is 0.320. The second-order valence-electron chi connectivity index (χ2n) is 5.91. The van der Waals surface area contributed by atoms with Crippen LogP contribution in [0.4, 0.5) is 17.5 Å². The van der Waals surface area contributed by atoms with Gasteiger partial charge < -0.3 is 20.1 Å². The van der Waals surface area contributed by atoms with Gasteiger partial charge in [-0.3, -0.25) is 4.98 Å². The quantitative estimate of drug-likeness (QED) is 0.747. The first-order chi connectivity index (χ1) is 12.7. The molecule has 0 saturated heterocycles. The number of nitrogens with one attached hydrogen (secondary N) is 2. The largest absolute Gasteiger partial charge is 0.496 e. The maximum Gasteiger partial charge on any atom is 0.229 e. The average molecular weight is 349 g/mol. The molecule has 1 aromatic carbocycles. The van der Waals surface area contributed by atoms with Gasteiger partial charge in [-0.15, -0.1) is 0 Å². The smallest absolute Gasteiger partial charge is 0.229 e. The van der Waals surface area contributed by atoms with Crippen LogP contribution >= 0.6 is 0 Å². The van der Waals surface area contributed by atoms with E-state index in [4.69, 9.17) is 9.47 Å². The Morgan fingerprint density at radius 1 is 1.19 bits per heavy atom. The molecular formula is C19H19N5O2. The first-order valence-corrected chi connectivity index (χ1v) is 8.35. The van der Waals surface area contributed by atoms with Crippen LogP contribution in [0.1, 0.15) is 5.69 Å². The summed E-state index contributed by atoms with van der Waals surface area (Å²) in [6.45, 7) is 3.32. The first kappa shape index (κ1) is 16.1. The number of hydrogen-bond acceptors (Lipinski definition) is 7. The van der Waals surface area contributed by atoms with Crippen molar-refractivity contribution in [1.29, 1.82) is 0 Å². The molecule has 0 aliphatic carbocycles. The van der Waals surface area contributed by atoms with Crippen molar-refractivity contribution < 1.29 is 9.47 Å². The third-order valence-electron chi connectivity index (χ3n) is 4.07. The minimum Gasteiger partial charge on any atom is -0.496 e. The van der Waals surface area contributed by atoms with Gasteiger partial charge in [0.25, 0.3) is 0 Å². The fourth-order valence-electron chi connectivity index (χ4n) is 2.84. The molecule has 0 atom stereocenters. The molecule has 0 bridgehead atoms. The lowest BCUT2D eigenvalue weighted by Gasteiger charge is -2.18. The van der Waals surface area contributed by atoms with Crippen LogP contribution in [0.15, 0.2) is 42.7 Å². The topological polar surface area (TPSA) is 81.2 Å². The van der Waals surface area contributed by atoms with Crippen molar-refractivity contribution >= 4 is 17.5 Å². The highest BCUT2D eigenvalue weighted by molar-refractivity contribution is 5.74. The Balaban J connectivity index is 1.62. The molecule has 2 aromatic heterocycles. The number of pyridine rings is 1. The van der Waals surface area contributed by atoms with Gasteiger partial charge in [0.05, 0.1) is 19.9 Å². The molecule has 0 unspecified atom stereocenters. The van der Waals surface area contributed by atoms with E-state index in [1.807, 2.05) is 37.3 Å². The number of hydrogen-bond donors (Lipinski definition) is 2. The molecule has 0 fully saturated rings. The van der Waals surface area contributed by atoms with E-state index in [0.717, 1.165) is 34.8 Å². The van der Waals surface area contributed by atoms with Crippen LogP contribution in [0, 0.1) is 6.92 Å². The summed E-state index contributed by atoms with van der Waals surface area (Å²) in [5, 5.41) is 6.41. The van der Waals surface area contributed by atoms with Crippen molar-refractivity contribution in [3.8, 4) is 22.6 Å². The van der Waals surface area contributed by atoms with E-state index in [9.17, 15) is 0 Å². The fourth-order valence-corrected chi connectivity index (χ4v) is 2.84. The van der Waals surface area contributed by atoms with Crippen LogP contribution in [0.3, 0.4) is 0 Å². The number of aromatic nitrogens is 3. The monoisotopic (exact) mass is 349 g/mol. The molecule has 2 N–H and O–H groups in total. The number of aryl methyl sites for hydroxylation is 1. The zero-order valence-corrected chi connectivity index (χ0v) is 14.6. The van der Waals surface area contributed by atoms with E-state index in [-0.39, 0.29) is 0 Å². The molecule has 0 radical (unpaired) electrons. The maximum absolute atomic E-state index is 5.57. The number of nitrogens with zero attached hydrogens (tertiary/aromatic N) is 3. The number of ether oxygens (including phenoxy) is 2. The SMILES string of the molecule is COc1cc(Nc2ncc3c(n2)NCCO3)ccc1-c1ccnc(C)c1. The Labute approximate surface area is 151 Å². The van der Waals surface area contributed by atoms with Crippen molar-refractivity contribution in [2.45, 2.75) is 6.92 Å². The summed E-state index contributed by atoms with van der Waals surface area (Å²) in [6.07, 6.45) is 3.47. The van der Waals surface area contributed by atoms with Crippen LogP contribution in [-0.4, -0.2) is 35.2 Å². The Morgan fingerprint density at radius 2 is 2.12 bits per heavy atom. The third-order valence-corrected chi connectivity index (χ3v) is 4.07. The predicted molar refractivity (Wildman–Crippen MR) is 100 cm³/mol. The Hall–Kier alpha value is -3.35. The number of fused-ring (bicyclic) bond motifs is 1. The maximum atomic E-state index is 5.57. The normalized spacial score (nSPS) is 12.5. The highest BCUT2D eigenvalue weighted by Crippen LogP contribution is 2.33. The second kappa shape index (κ2) is 6.87. The zero-order valence-electron chi connectivity index (χ0n) is 14.6. The second-order valence-corrected chi connectivity index (χ2v) is 5.91. The zero-order chi connectivity index (χ0) is 17.9. The van der Waals surface area contributed by atoms with E-state index in [1.165, 1.54) is 0 Å². The minimum atomic E-state index is 0.497. The molecule has 3 aromatic rings. The summed E-state index contributed by atoms with van der Waals surface area (Å²) >= 11 is 0. The summed E-state index contributed by atoms with van der Waals surface area (Å²) in [6, 6.07) is 9.91. The summed E-state index contributed by atoms with van der Waals surface area (Å²) in [5.74, 6) is 2.63. The van der Waals surface area contributed by atoms with Crippen LogP contribution in [0.25, 0.3) is 11.1 Å². The predicted octanol–water partition coefficient (Wildman–Crippen LogP) is 3.40. The minimum absolute atomic E-state index is 0.497. The number of anilines is 3. The van der Waals surface area contributed by atoms with E-state index in [1.54, 1.807) is 19.5 Å². The van der Waals surface area contributed by atoms with Gasteiger partial charge >= 0.3 is 0 Å². The van der Waals surface area contributed by atoms with Crippen molar-refractivity contribution in [2.75, 3.05) is 30.9 Å². The molecule has 26 heavy (non-hydrogen) atoms. The fraction of sp³-hybridized carbons (Fsp3) is 0.211. The number of rotatable bonds is 4. The number of benzene rings is 1. The highest BCUT2D eigenvalue weighted by atomic mass is 16.5. The summed E-state index contributed by atoms with van der Waals surface area (Å²) in [5.41, 5.74) is 3.87. The van der Waals surface area contributed by atoms with E-state index < -0.39 is 0 Å². The van der Waals surface area contributed by atoms with E-state index >= 15 is 0 Å². The molecule has 3 heterocycles. The molecule has 0 amide bonds. The molecular weight excluding hydrogens is 330 g/mol. The molecule has 0 spiro atoms. The Morgan fingerprint density at radius 3 is 2.96 bits per heavy atom. The summed E-state index contributed by atoms with van der Waals surface area (Å²) < 4.78 is 11.1. The number of methoxy groups -OCH3 is 1. The average Bonchev–Trinajstić information content (AvgIpc) is 2.68. The van der Waals surface area contributed by atoms with Gasteiger partial charge in [0.15, 0.2) is 11.6 Å². The van der Waals surface area contributed by atoms with Gasteiger partial charge in [0.2, 0.25) is 5.95 Å². The Bertz CT molecular complexity index is 945. The molecule has 7 nitrogen and oxygen atoms in total. The standard InChI is InChI=1S/C19H19N5O2/c1-12-9-13(5-6-20-12)15-4-3-14(10-16(15)25-2)23-19-22-11-17-18(24-19)21-7-8-26-17/h3-6,9-11H,7-8H2,1-2H3,(H2,21,22,23,24). The van der Waals surface area contributed by atoms with Crippen LogP contribution in [0.5, 0.6) is 11.5 Å². The molecule has 132 valence electrons. The van der Waals surface area contributed by atoms with Crippen molar-refractivity contribution in [3.05, 3.63) is 48.4 Å². The molecule has 0 saturated carbocycles. The lowest BCUT2D eigenvalue weighted by atomic mass is 10.0. The van der Waals surface area contributed by atoms with Crippen LogP contribution < -0.4 is 20.1 Å². The van der Waals surface area contributed by atoms with Gasteiger partial charge in [-0.2, -0.15) is 4.98 Å². The lowest BCUT2D eigenvalue weighted by Crippen LogP contribution is -2.19. The molecule has 7 heteroatoms. The molecule has 1 aliphatic heterocycles. The van der Waals surface area contributed by atoms with E-state index in [2.05, 4.69) is 25.6 Å². The van der Waals surface area contributed by atoms with Gasteiger partial charge in [-0.05, 0) is 36.8 Å². The molecule has 4 rings (SSSR count). The first-order valence-electron chi connectivity index (χ1n) is 8.35. The Kier molecular flexibility index (Phi) is 4.27. The van der Waals surface area contributed by atoms with Gasteiger partial charge in [0.1, 0.15) is 12.4 Å². The van der Waals surface area contributed by atoms with Crippen molar-refractivity contribution in [2.24, 2.45) is 0 Å². The van der Waals surface area contributed by atoms with E-state index in [0.29, 0.717) is 24.1 Å². The van der Waals surface area contributed by atoms with Crippen LogP contribution in [-0.2, 0) is 0 Å². The summed E-state index contributed by atoms with van der Waals surface area (Å²) in [4.78, 5) is 13.0. The third kappa shape index (κ3) is 3.23. The van der Waals surface area contributed by atoms with Gasteiger partial charge in [-0.25, -0.2) is 4.98 Å². The van der Waals surface area contributed by atoms with Gasteiger partial charge in [-0.1, -0.05) is 0 Å². The van der Waals surface area contributed by atoms with Crippen molar-refractivity contribution in [1.82, 2.24) is 15.0 Å². The summed E-state index contributed by atoms with van der Waals surface area (Å²) in [7, 11) is 1.66. The molecule has 1 aliphatic rings. The van der Waals surface area contributed by atoms with Gasteiger partial charge in [0, 0.05) is 29.2 Å². The van der Waals surface area contributed by atoms with Crippen molar-refractivity contribution in [3.63, 3.8) is 0 Å². The highest BCUT2D eigenvalue weighted by Gasteiger charge is 2.13. The van der Waals surface area contributed by atoms with Crippen LogP contribution in [0.2, 0.25) is 0 Å².